The van der Waals surface area contributed by atoms with Gasteiger partial charge in [-0.1, -0.05) is 45.2 Å². The quantitative estimate of drug-likeness (QED) is 0.777. The maximum absolute atomic E-state index is 5.95. The average molecular weight is 312 g/mol. The fourth-order valence-electron chi connectivity index (χ4n) is 1.51. The van der Waals surface area contributed by atoms with Crippen molar-refractivity contribution < 1.29 is 9.47 Å². The van der Waals surface area contributed by atoms with Crippen molar-refractivity contribution in [2.75, 3.05) is 18.5 Å². The van der Waals surface area contributed by atoms with Crippen LogP contribution in [0.25, 0.3) is 0 Å². The average Bonchev–Trinajstić information content (AvgIpc) is 2.72. The van der Waals surface area contributed by atoms with Crippen molar-refractivity contribution in [1.29, 1.82) is 0 Å². The lowest BCUT2D eigenvalue weighted by molar-refractivity contribution is -0.144. The summed E-state index contributed by atoms with van der Waals surface area (Å²) < 4.78 is 11.2. The molecule has 1 aromatic rings. The number of alkyl halides is 1. The van der Waals surface area contributed by atoms with Crippen molar-refractivity contribution in [2.45, 2.75) is 5.79 Å². The molecule has 0 aromatic heterocycles. The summed E-state index contributed by atoms with van der Waals surface area (Å²) in [6.45, 7) is 1.18. The molecule has 5 heteroatoms. The van der Waals surface area contributed by atoms with E-state index in [0.29, 0.717) is 28.6 Å². The Balaban J connectivity index is 2.38. The van der Waals surface area contributed by atoms with E-state index in [0.717, 1.165) is 5.56 Å². The molecule has 0 spiro atoms. The highest BCUT2D eigenvalue weighted by atomic mass is 79.9. The number of hydrogen-bond donors (Lipinski definition) is 0. The minimum Gasteiger partial charge on any atom is -0.343 e. The molecule has 0 bridgehead atoms. The van der Waals surface area contributed by atoms with E-state index in [1.807, 2.05) is 6.07 Å². The van der Waals surface area contributed by atoms with Crippen molar-refractivity contribution in [3.8, 4) is 0 Å². The molecule has 1 saturated heterocycles. The van der Waals surface area contributed by atoms with Gasteiger partial charge in [0.25, 0.3) is 0 Å². The fourth-order valence-corrected chi connectivity index (χ4v) is 2.45. The van der Waals surface area contributed by atoms with Crippen molar-refractivity contribution >= 4 is 39.1 Å². The molecule has 2 rings (SSSR count). The first-order valence-corrected chi connectivity index (χ1v) is 6.35. The lowest BCUT2D eigenvalue weighted by Gasteiger charge is -2.25. The number of rotatable bonds is 2. The minimum absolute atomic E-state index is 0.508. The zero-order chi connectivity index (χ0) is 10.9. The van der Waals surface area contributed by atoms with Gasteiger partial charge in [0.2, 0.25) is 5.79 Å². The van der Waals surface area contributed by atoms with Gasteiger partial charge in [0, 0.05) is 5.56 Å². The van der Waals surface area contributed by atoms with Crippen molar-refractivity contribution in [1.82, 2.24) is 0 Å². The van der Waals surface area contributed by atoms with Gasteiger partial charge in [-0.15, -0.1) is 0 Å². The predicted octanol–water partition coefficient (Wildman–Crippen LogP) is 3.59. The number of benzene rings is 1. The first-order chi connectivity index (χ1) is 7.18. The van der Waals surface area contributed by atoms with Crippen LogP contribution in [0, 0.1) is 0 Å². The second kappa shape index (κ2) is 4.60. The Bertz CT molecular complexity index is 364. The first kappa shape index (κ1) is 11.7. The van der Waals surface area contributed by atoms with Crippen LogP contribution >= 0.6 is 39.1 Å². The smallest absolute Gasteiger partial charge is 0.205 e. The molecule has 0 unspecified atom stereocenters. The lowest BCUT2D eigenvalue weighted by atomic mass is 10.1. The Kier molecular flexibility index (Phi) is 3.58. The maximum Gasteiger partial charge on any atom is 0.205 e. The highest BCUT2D eigenvalue weighted by molar-refractivity contribution is 9.09. The summed E-state index contributed by atoms with van der Waals surface area (Å²) in [6.07, 6.45) is 0. The van der Waals surface area contributed by atoms with E-state index in [2.05, 4.69) is 15.9 Å². The van der Waals surface area contributed by atoms with Crippen LogP contribution in [-0.2, 0) is 15.3 Å². The number of halogens is 3. The van der Waals surface area contributed by atoms with Crippen LogP contribution < -0.4 is 0 Å². The molecule has 0 amide bonds. The SMILES string of the molecule is Clc1ccc(C2(CBr)OCCO2)cc1Cl. The second-order valence-electron chi connectivity index (χ2n) is 3.21. The van der Waals surface area contributed by atoms with E-state index in [4.69, 9.17) is 32.7 Å². The topological polar surface area (TPSA) is 18.5 Å². The summed E-state index contributed by atoms with van der Waals surface area (Å²) in [4.78, 5) is 0. The zero-order valence-electron chi connectivity index (χ0n) is 7.80. The Morgan fingerprint density at radius 3 is 2.40 bits per heavy atom. The molecule has 15 heavy (non-hydrogen) atoms. The van der Waals surface area contributed by atoms with Gasteiger partial charge in [-0.2, -0.15) is 0 Å². The summed E-state index contributed by atoms with van der Waals surface area (Å²) in [5.41, 5.74) is 0.881. The lowest BCUT2D eigenvalue weighted by Crippen LogP contribution is -2.28. The Labute approximate surface area is 107 Å². The molecule has 0 saturated carbocycles. The molecular weight excluding hydrogens is 303 g/mol. The van der Waals surface area contributed by atoms with Crippen molar-refractivity contribution in [3.05, 3.63) is 33.8 Å². The van der Waals surface area contributed by atoms with Gasteiger partial charge < -0.3 is 9.47 Å². The zero-order valence-corrected chi connectivity index (χ0v) is 10.9. The molecule has 1 aromatic carbocycles. The largest absolute Gasteiger partial charge is 0.343 e. The Morgan fingerprint density at radius 1 is 1.20 bits per heavy atom. The summed E-state index contributed by atoms with van der Waals surface area (Å²) in [6, 6.07) is 5.38. The van der Waals surface area contributed by atoms with E-state index in [9.17, 15) is 0 Å². The van der Waals surface area contributed by atoms with E-state index in [1.165, 1.54) is 0 Å². The van der Waals surface area contributed by atoms with E-state index in [-0.39, 0.29) is 0 Å². The van der Waals surface area contributed by atoms with Gasteiger partial charge in [0.15, 0.2) is 0 Å². The molecule has 0 atom stereocenters. The van der Waals surface area contributed by atoms with Gasteiger partial charge in [0.1, 0.15) is 0 Å². The van der Waals surface area contributed by atoms with E-state index in [1.54, 1.807) is 12.1 Å². The molecular formula is C10H9BrCl2O2. The summed E-state index contributed by atoms with van der Waals surface area (Å²) in [7, 11) is 0. The Hall–Kier alpha value is 0.200. The third-order valence-electron chi connectivity index (χ3n) is 2.29. The van der Waals surface area contributed by atoms with Crippen LogP contribution in [0.3, 0.4) is 0 Å². The molecule has 1 fully saturated rings. The third kappa shape index (κ3) is 2.17. The molecule has 1 heterocycles. The van der Waals surface area contributed by atoms with Crippen LogP contribution in [-0.4, -0.2) is 18.5 Å². The molecule has 1 aliphatic rings. The molecule has 1 aliphatic heterocycles. The van der Waals surface area contributed by atoms with Crippen LogP contribution in [0.2, 0.25) is 10.0 Å². The summed E-state index contributed by atoms with van der Waals surface area (Å²) >= 11 is 15.2. The molecule has 0 N–H and O–H groups in total. The highest BCUT2D eigenvalue weighted by Gasteiger charge is 2.37. The third-order valence-corrected chi connectivity index (χ3v) is 3.77. The van der Waals surface area contributed by atoms with Crippen LogP contribution in [0.4, 0.5) is 0 Å². The molecule has 0 radical (unpaired) electrons. The van der Waals surface area contributed by atoms with E-state index >= 15 is 0 Å². The highest BCUT2D eigenvalue weighted by Crippen LogP contribution is 2.36. The van der Waals surface area contributed by atoms with Crippen molar-refractivity contribution in [3.63, 3.8) is 0 Å². The van der Waals surface area contributed by atoms with Gasteiger partial charge in [-0.25, -0.2) is 0 Å². The first-order valence-electron chi connectivity index (χ1n) is 4.47. The fraction of sp³-hybridized carbons (Fsp3) is 0.400. The van der Waals surface area contributed by atoms with Crippen LogP contribution in [0.15, 0.2) is 18.2 Å². The monoisotopic (exact) mass is 310 g/mol. The standard InChI is InChI=1S/C10H9BrCl2O2/c11-6-10(14-3-4-15-10)7-1-2-8(12)9(13)5-7/h1-2,5H,3-4,6H2. The predicted molar refractivity (Wildman–Crippen MR) is 63.8 cm³/mol. The van der Waals surface area contributed by atoms with Gasteiger partial charge in [-0.05, 0) is 12.1 Å². The van der Waals surface area contributed by atoms with Crippen LogP contribution in [0.1, 0.15) is 5.56 Å². The van der Waals surface area contributed by atoms with Gasteiger partial charge in [-0.3, -0.25) is 0 Å². The summed E-state index contributed by atoms with van der Waals surface area (Å²) in [5, 5.41) is 1.61. The maximum atomic E-state index is 5.95. The second-order valence-corrected chi connectivity index (χ2v) is 4.59. The molecule has 82 valence electrons. The number of ether oxygens (including phenoxy) is 2. The Morgan fingerprint density at radius 2 is 1.87 bits per heavy atom. The van der Waals surface area contributed by atoms with Crippen molar-refractivity contribution in [2.24, 2.45) is 0 Å². The normalized spacial score (nSPS) is 19.4. The number of hydrogen-bond acceptors (Lipinski definition) is 2. The summed E-state index contributed by atoms with van der Waals surface area (Å²) in [5.74, 6) is -0.714. The molecule has 2 nitrogen and oxygen atoms in total. The van der Waals surface area contributed by atoms with E-state index < -0.39 is 5.79 Å². The van der Waals surface area contributed by atoms with Gasteiger partial charge >= 0.3 is 0 Å². The molecule has 0 aliphatic carbocycles. The minimum atomic E-state index is -0.714. The van der Waals surface area contributed by atoms with Gasteiger partial charge in [0.05, 0.1) is 28.6 Å². The van der Waals surface area contributed by atoms with Crippen LogP contribution in [0.5, 0.6) is 0 Å².